The Labute approximate surface area is 243 Å². The van der Waals surface area contributed by atoms with Gasteiger partial charge in [-0.15, -0.1) is 0 Å². The summed E-state index contributed by atoms with van der Waals surface area (Å²) in [6.45, 7) is 0.540. The summed E-state index contributed by atoms with van der Waals surface area (Å²) in [5.41, 5.74) is -1.14. The van der Waals surface area contributed by atoms with Crippen LogP contribution >= 0.6 is 0 Å². The smallest absolute Gasteiger partial charge is 0.330 e. The van der Waals surface area contributed by atoms with Crippen molar-refractivity contribution < 1.29 is 19.7 Å². The van der Waals surface area contributed by atoms with E-state index >= 15 is 0 Å². The number of hydrogen-bond donors (Lipinski definition) is 4. The Kier molecular flexibility index (Phi) is 7.94. The lowest BCUT2D eigenvalue weighted by Gasteiger charge is -2.40. The van der Waals surface area contributed by atoms with Crippen LogP contribution in [0.4, 0.5) is 0 Å². The van der Waals surface area contributed by atoms with Gasteiger partial charge in [-0.25, -0.2) is 4.79 Å². The first-order valence-corrected chi connectivity index (χ1v) is 14.3. The van der Waals surface area contributed by atoms with Crippen molar-refractivity contribution in [3.05, 3.63) is 141 Å². The summed E-state index contributed by atoms with van der Waals surface area (Å²) in [5.74, 6) is 0. The Balaban J connectivity index is 1.42. The second-order valence-electron chi connectivity index (χ2n) is 11.0. The second-order valence-corrected chi connectivity index (χ2v) is 11.0. The van der Waals surface area contributed by atoms with E-state index < -0.39 is 46.9 Å². The third kappa shape index (κ3) is 4.93. The zero-order valence-electron chi connectivity index (χ0n) is 23.1. The van der Waals surface area contributed by atoms with Gasteiger partial charge in [0, 0.05) is 25.4 Å². The molecule has 0 spiro atoms. The summed E-state index contributed by atoms with van der Waals surface area (Å²) in [7, 11) is 0. The van der Waals surface area contributed by atoms with E-state index in [2.05, 4.69) is 10.3 Å². The Morgan fingerprint density at radius 3 is 1.95 bits per heavy atom. The SMILES string of the molecule is O=c1ccn([C@@H]2O[C@H](CNC(c3ccccc3)(c3ccccc3)c3ccccc3)[C@@H](O)[C@]2(O)C2CCCCO2)c(=O)[nH]1. The number of ether oxygens (including phenoxy) is 2. The maximum Gasteiger partial charge on any atom is 0.330 e. The van der Waals surface area contributed by atoms with Gasteiger partial charge in [0.25, 0.3) is 5.56 Å². The molecule has 3 heterocycles. The molecule has 218 valence electrons. The fourth-order valence-electron chi connectivity index (χ4n) is 6.43. The molecular formula is C33H35N3O6. The van der Waals surface area contributed by atoms with Crippen LogP contribution in [0.2, 0.25) is 0 Å². The quantitative estimate of drug-likeness (QED) is 0.241. The number of aliphatic hydroxyl groups excluding tert-OH is 1. The summed E-state index contributed by atoms with van der Waals surface area (Å²) in [4.78, 5) is 26.9. The molecule has 2 fully saturated rings. The Morgan fingerprint density at radius 2 is 1.45 bits per heavy atom. The average Bonchev–Trinajstić information content (AvgIpc) is 3.29. The molecule has 9 heteroatoms. The molecule has 1 unspecified atom stereocenters. The minimum absolute atomic E-state index is 0.115. The number of benzene rings is 3. The van der Waals surface area contributed by atoms with E-state index in [4.69, 9.17) is 9.47 Å². The summed E-state index contributed by atoms with van der Waals surface area (Å²) in [6.07, 6.45) is -0.973. The highest BCUT2D eigenvalue weighted by molar-refractivity contribution is 5.49. The van der Waals surface area contributed by atoms with Gasteiger partial charge in [0.1, 0.15) is 12.2 Å². The average molecular weight is 570 g/mol. The van der Waals surface area contributed by atoms with E-state index in [1.807, 2.05) is 91.0 Å². The summed E-state index contributed by atoms with van der Waals surface area (Å²) >= 11 is 0. The van der Waals surface area contributed by atoms with Gasteiger partial charge in [-0.05, 0) is 36.0 Å². The molecule has 6 rings (SSSR count). The monoisotopic (exact) mass is 569 g/mol. The highest BCUT2D eigenvalue weighted by Crippen LogP contribution is 2.44. The molecule has 4 N–H and O–H groups in total. The number of H-pyrrole nitrogens is 1. The van der Waals surface area contributed by atoms with Crippen molar-refractivity contribution in [1.82, 2.24) is 14.9 Å². The molecule has 2 saturated heterocycles. The van der Waals surface area contributed by atoms with Gasteiger partial charge in [0.2, 0.25) is 0 Å². The Hall–Kier alpha value is -3.86. The number of hydrogen-bond acceptors (Lipinski definition) is 7. The van der Waals surface area contributed by atoms with Crippen LogP contribution < -0.4 is 16.6 Å². The zero-order chi connectivity index (χ0) is 29.2. The van der Waals surface area contributed by atoms with Crippen LogP contribution in [-0.2, 0) is 15.0 Å². The molecule has 4 aromatic rings. The van der Waals surface area contributed by atoms with Gasteiger partial charge in [-0.3, -0.25) is 19.7 Å². The minimum Gasteiger partial charge on any atom is -0.387 e. The van der Waals surface area contributed by atoms with Crippen molar-refractivity contribution in [2.24, 2.45) is 0 Å². The van der Waals surface area contributed by atoms with Gasteiger partial charge in [-0.1, -0.05) is 91.0 Å². The topological polar surface area (TPSA) is 126 Å². The van der Waals surface area contributed by atoms with E-state index in [0.717, 1.165) is 34.1 Å². The molecule has 0 bridgehead atoms. The van der Waals surface area contributed by atoms with Crippen LogP contribution in [0.5, 0.6) is 0 Å². The predicted octanol–water partition coefficient (Wildman–Crippen LogP) is 2.68. The largest absolute Gasteiger partial charge is 0.387 e. The third-order valence-electron chi connectivity index (χ3n) is 8.51. The molecule has 0 saturated carbocycles. The number of aliphatic hydroxyl groups is 2. The summed E-state index contributed by atoms with van der Waals surface area (Å²) in [5, 5.41) is 27.6. The molecule has 5 atom stereocenters. The second kappa shape index (κ2) is 11.8. The molecule has 3 aromatic carbocycles. The minimum atomic E-state index is -1.94. The first-order chi connectivity index (χ1) is 20.4. The van der Waals surface area contributed by atoms with Crippen molar-refractivity contribution in [2.75, 3.05) is 13.2 Å². The molecule has 9 nitrogen and oxygen atoms in total. The van der Waals surface area contributed by atoms with Crippen molar-refractivity contribution >= 4 is 0 Å². The fraction of sp³-hybridized carbons (Fsp3) is 0.333. The van der Waals surface area contributed by atoms with Crippen molar-refractivity contribution in [1.29, 1.82) is 0 Å². The maximum atomic E-state index is 12.9. The first-order valence-electron chi connectivity index (χ1n) is 14.3. The van der Waals surface area contributed by atoms with Crippen molar-refractivity contribution in [3.63, 3.8) is 0 Å². The predicted molar refractivity (Wildman–Crippen MR) is 157 cm³/mol. The van der Waals surface area contributed by atoms with Gasteiger partial charge >= 0.3 is 5.69 Å². The molecule has 1 aromatic heterocycles. The van der Waals surface area contributed by atoms with Crippen LogP contribution in [0.1, 0.15) is 42.2 Å². The van der Waals surface area contributed by atoms with Gasteiger partial charge in [0.05, 0.1) is 11.6 Å². The number of aromatic nitrogens is 2. The number of rotatable bonds is 8. The van der Waals surface area contributed by atoms with E-state index in [0.29, 0.717) is 13.0 Å². The molecule has 0 aliphatic carbocycles. The first kappa shape index (κ1) is 28.3. The van der Waals surface area contributed by atoms with Crippen LogP contribution in [0.3, 0.4) is 0 Å². The van der Waals surface area contributed by atoms with Crippen molar-refractivity contribution in [3.8, 4) is 0 Å². The fourth-order valence-corrected chi connectivity index (χ4v) is 6.43. The van der Waals surface area contributed by atoms with Gasteiger partial charge in [0.15, 0.2) is 11.8 Å². The van der Waals surface area contributed by atoms with Crippen LogP contribution in [0.25, 0.3) is 0 Å². The number of nitrogens with zero attached hydrogens (tertiary/aromatic N) is 1. The Morgan fingerprint density at radius 1 is 0.881 bits per heavy atom. The van der Waals surface area contributed by atoms with Crippen LogP contribution in [0, 0.1) is 0 Å². The molecule has 0 amide bonds. The molecular weight excluding hydrogens is 534 g/mol. The lowest BCUT2D eigenvalue weighted by molar-refractivity contribution is -0.198. The lowest BCUT2D eigenvalue weighted by Crippen LogP contribution is -2.59. The van der Waals surface area contributed by atoms with Crippen LogP contribution in [-0.4, -0.2) is 56.8 Å². The van der Waals surface area contributed by atoms with E-state index in [9.17, 15) is 19.8 Å². The third-order valence-corrected chi connectivity index (χ3v) is 8.51. The Bertz CT molecular complexity index is 1490. The number of nitrogens with one attached hydrogen (secondary N) is 2. The summed E-state index contributed by atoms with van der Waals surface area (Å²) < 4.78 is 13.4. The highest BCUT2D eigenvalue weighted by atomic mass is 16.6. The van der Waals surface area contributed by atoms with E-state index in [1.54, 1.807) is 0 Å². The molecule has 2 aliphatic rings. The van der Waals surface area contributed by atoms with Crippen molar-refractivity contribution in [2.45, 2.75) is 54.9 Å². The summed E-state index contributed by atoms with van der Waals surface area (Å²) in [6, 6.07) is 31.3. The standard InChI is InChI=1S/C33H35N3O6/c37-28-19-20-36(31(39)35-28)30-33(40,27-18-10-11-21-41-27)29(38)26(42-30)22-34-32(23-12-4-1-5-13-23,24-14-6-2-7-15-24)25-16-8-3-9-17-25/h1-9,12-17,19-20,26-27,29-30,34,38,40H,10-11,18,21-22H2,(H,35,37,39)/t26-,27?,29-,30-,33-/m1/s1. The van der Waals surface area contributed by atoms with E-state index in [-0.39, 0.29) is 6.54 Å². The zero-order valence-corrected chi connectivity index (χ0v) is 23.1. The molecule has 0 radical (unpaired) electrons. The molecule has 42 heavy (non-hydrogen) atoms. The van der Waals surface area contributed by atoms with Gasteiger partial charge < -0.3 is 19.7 Å². The molecule has 2 aliphatic heterocycles. The lowest BCUT2D eigenvalue weighted by atomic mass is 9.76. The maximum absolute atomic E-state index is 12.9. The van der Waals surface area contributed by atoms with Gasteiger partial charge in [-0.2, -0.15) is 0 Å². The van der Waals surface area contributed by atoms with E-state index in [1.165, 1.54) is 12.3 Å². The highest BCUT2D eigenvalue weighted by Gasteiger charge is 2.61. The number of aromatic amines is 1. The normalized spacial score (nSPS) is 26.2. The van der Waals surface area contributed by atoms with Crippen LogP contribution in [0.15, 0.2) is 113 Å².